The topological polar surface area (TPSA) is 68.2 Å². The van der Waals surface area contributed by atoms with E-state index >= 15 is 0 Å². The van der Waals surface area contributed by atoms with E-state index in [-0.39, 0.29) is 18.4 Å². The van der Waals surface area contributed by atoms with Gasteiger partial charge in [-0.05, 0) is 31.6 Å². The molecule has 7 heteroatoms. The van der Waals surface area contributed by atoms with E-state index in [4.69, 9.17) is 0 Å². The predicted molar refractivity (Wildman–Crippen MR) is 102 cm³/mol. The van der Waals surface area contributed by atoms with Crippen LogP contribution in [0.5, 0.6) is 0 Å². The zero-order chi connectivity index (χ0) is 18.5. The van der Waals surface area contributed by atoms with E-state index in [9.17, 15) is 9.59 Å². The molecule has 0 atom stereocenters. The summed E-state index contributed by atoms with van der Waals surface area (Å²) in [4.78, 5) is 34.5. The molecular weight excluding hydrogens is 330 g/mol. The predicted octanol–water partition coefficient (Wildman–Crippen LogP) is 0.907. The number of hydrogen-bond donors (Lipinski definition) is 1. The Morgan fingerprint density at radius 1 is 1.15 bits per heavy atom. The van der Waals surface area contributed by atoms with Crippen molar-refractivity contribution in [1.82, 2.24) is 20.0 Å². The van der Waals surface area contributed by atoms with Crippen molar-refractivity contribution < 1.29 is 9.59 Å². The maximum atomic E-state index is 12.5. The molecule has 1 heterocycles. The van der Waals surface area contributed by atoms with Crippen LogP contribution in [0.3, 0.4) is 0 Å². The van der Waals surface area contributed by atoms with Crippen LogP contribution in [-0.2, 0) is 9.59 Å². The third-order valence-corrected chi connectivity index (χ3v) is 5.68. The number of nitrogens with zero attached hydrogens (tertiary/aromatic N) is 4. The summed E-state index contributed by atoms with van der Waals surface area (Å²) in [6.45, 7) is 2.91. The highest BCUT2D eigenvalue weighted by atomic mass is 16.2. The van der Waals surface area contributed by atoms with Gasteiger partial charge in [0.2, 0.25) is 11.8 Å². The molecule has 3 rings (SSSR count). The van der Waals surface area contributed by atoms with Crippen molar-refractivity contribution in [3.63, 3.8) is 0 Å². The fourth-order valence-corrected chi connectivity index (χ4v) is 3.82. The van der Waals surface area contributed by atoms with Crippen molar-refractivity contribution >= 4 is 17.8 Å². The molecule has 0 radical (unpaired) electrons. The van der Waals surface area contributed by atoms with Crippen LogP contribution in [0.4, 0.5) is 0 Å². The summed E-state index contributed by atoms with van der Waals surface area (Å²) in [5.74, 6) is 1.55. The summed E-state index contributed by atoms with van der Waals surface area (Å²) in [6, 6.07) is 0.468. The first kappa shape index (κ1) is 19.0. The monoisotopic (exact) mass is 363 g/mol. The van der Waals surface area contributed by atoms with Crippen LogP contribution in [0.2, 0.25) is 0 Å². The smallest absolute Gasteiger partial charge is 0.243 e. The van der Waals surface area contributed by atoms with Crippen LogP contribution < -0.4 is 5.32 Å². The second kappa shape index (κ2) is 8.73. The van der Waals surface area contributed by atoms with Crippen molar-refractivity contribution in [2.24, 2.45) is 10.9 Å². The summed E-state index contributed by atoms with van der Waals surface area (Å²) in [5, 5.41) is 3.47. The van der Waals surface area contributed by atoms with Gasteiger partial charge in [0.1, 0.15) is 6.54 Å². The van der Waals surface area contributed by atoms with Crippen LogP contribution in [-0.4, -0.2) is 85.3 Å². The van der Waals surface area contributed by atoms with E-state index in [2.05, 4.69) is 10.3 Å². The van der Waals surface area contributed by atoms with Gasteiger partial charge < -0.3 is 20.0 Å². The average Bonchev–Trinajstić information content (AvgIpc) is 3.47. The minimum Gasteiger partial charge on any atom is -0.356 e. The Bertz CT molecular complexity index is 538. The molecule has 1 N–H and O–H groups in total. The van der Waals surface area contributed by atoms with Gasteiger partial charge in [0, 0.05) is 39.8 Å². The molecule has 0 aromatic rings. The average molecular weight is 364 g/mol. The first-order valence-corrected chi connectivity index (χ1v) is 10.1. The summed E-state index contributed by atoms with van der Waals surface area (Å²) >= 11 is 0. The standard InChI is InChI=1S/C19H33N5O2/c1-22(2)17(25)13-21-19(20-12-15-6-4-3-5-7-15)23-10-11-24(16-8-9-16)18(26)14-23/h15-16H,3-14H2,1-2H3,(H,20,21). The Morgan fingerprint density at radius 3 is 2.50 bits per heavy atom. The Balaban J connectivity index is 1.60. The van der Waals surface area contributed by atoms with E-state index in [1.165, 1.54) is 32.1 Å². The Hall–Kier alpha value is -1.79. The SMILES string of the molecule is CN(C)C(=O)CN=C(NCC1CCCCC1)N1CCN(C2CC2)C(=O)C1. The number of rotatable bonds is 5. The molecule has 2 amide bonds. The fourth-order valence-electron chi connectivity index (χ4n) is 3.82. The number of hydrogen-bond acceptors (Lipinski definition) is 3. The van der Waals surface area contributed by atoms with Crippen LogP contribution >= 0.6 is 0 Å². The third-order valence-electron chi connectivity index (χ3n) is 5.68. The van der Waals surface area contributed by atoms with Crippen LogP contribution in [0.1, 0.15) is 44.9 Å². The minimum absolute atomic E-state index is 0.0232. The highest BCUT2D eigenvalue weighted by molar-refractivity contribution is 5.89. The summed E-state index contributed by atoms with van der Waals surface area (Å²) < 4.78 is 0. The van der Waals surface area contributed by atoms with Gasteiger partial charge in [0.25, 0.3) is 0 Å². The van der Waals surface area contributed by atoms with E-state index < -0.39 is 0 Å². The normalized spacial score (nSPS) is 22.5. The fraction of sp³-hybridized carbons (Fsp3) is 0.842. The lowest BCUT2D eigenvalue weighted by Gasteiger charge is -2.36. The molecule has 0 unspecified atom stereocenters. The Labute approximate surface area is 156 Å². The number of likely N-dealkylation sites (N-methyl/N-ethyl adjacent to an activating group) is 1. The molecule has 0 aromatic heterocycles. The van der Waals surface area contributed by atoms with Crippen molar-refractivity contribution in [3.05, 3.63) is 0 Å². The molecule has 1 saturated heterocycles. The van der Waals surface area contributed by atoms with Gasteiger partial charge >= 0.3 is 0 Å². The molecular formula is C19H33N5O2. The molecule has 2 saturated carbocycles. The minimum atomic E-state index is -0.0232. The number of piperazine rings is 1. The first-order chi connectivity index (χ1) is 12.5. The first-order valence-electron chi connectivity index (χ1n) is 10.1. The van der Waals surface area contributed by atoms with Gasteiger partial charge in [0.05, 0.1) is 6.54 Å². The van der Waals surface area contributed by atoms with Crippen LogP contribution in [0.25, 0.3) is 0 Å². The molecule has 146 valence electrons. The van der Waals surface area contributed by atoms with Gasteiger partial charge in [-0.1, -0.05) is 19.3 Å². The highest BCUT2D eigenvalue weighted by Gasteiger charge is 2.36. The maximum Gasteiger partial charge on any atom is 0.243 e. The quantitative estimate of drug-likeness (QED) is 0.582. The van der Waals surface area contributed by atoms with Crippen LogP contribution in [0.15, 0.2) is 4.99 Å². The molecule has 7 nitrogen and oxygen atoms in total. The van der Waals surface area contributed by atoms with Gasteiger partial charge in [-0.25, -0.2) is 4.99 Å². The van der Waals surface area contributed by atoms with E-state index in [0.29, 0.717) is 18.5 Å². The van der Waals surface area contributed by atoms with E-state index in [1.54, 1.807) is 19.0 Å². The number of aliphatic imine (C=N–C) groups is 1. The lowest BCUT2D eigenvalue weighted by Crippen LogP contribution is -2.56. The van der Waals surface area contributed by atoms with Crippen molar-refractivity contribution in [2.45, 2.75) is 51.0 Å². The molecule has 3 aliphatic rings. The number of carbonyl (C=O) groups is 2. The van der Waals surface area contributed by atoms with Crippen molar-refractivity contribution in [1.29, 1.82) is 0 Å². The second-order valence-electron chi connectivity index (χ2n) is 8.05. The van der Waals surface area contributed by atoms with Crippen LogP contribution in [0, 0.1) is 5.92 Å². The largest absolute Gasteiger partial charge is 0.356 e. The summed E-state index contributed by atoms with van der Waals surface area (Å²) in [7, 11) is 3.48. The number of carbonyl (C=O) groups excluding carboxylic acids is 2. The third kappa shape index (κ3) is 5.11. The van der Waals surface area contributed by atoms with Crippen molar-refractivity contribution in [3.8, 4) is 0 Å². The Morgan fingerprint density at radius 2 is 1.88 bits per heavy atom. The van der Waals surface area contributed by atoms with Gasteiger partial charge in [-0.3, -0.25) is 9.59 Å². The van der Waals surface area contributed by atoms with E-state index in [0.717, 1.165) is 38.4 Å². The number of amides is 2. The zero-order valence-corrected chi connectivity index (χ0v) is 16.2. The lowest BCUT2D eigenvalue weighted by atomic mass is 9.89. The molecule has 3 fully saturated rings. The second-order valence-corrected chi connectivity index (χ2v) is 8.05. The summed E-state index contributed by atoms with van der Waals surface area (Å²) in [6.07, 6.45) is 8.74. The highest BCUT2D eigenvalue weighted by Crippen LogP contribution is 2.28. The van der Waals surface area contributed by atoms with Crippen molar-refractivity contribution in [2.75, 3.05) is 46.8 Å². The van der Waals surface area contributed by atoms with E-state index in [1.807, 2.05) is 9.80 Å². The molecule has 0 aromatic carbocycles. The molecule has 0 spiro atoms. The van der Waals surface area contributed by atoms with Gasteiger partial charge in [-0.15, -0.1) is 0 Å². The molecule has 2 aliphatic carbocycles. The maximum absolute atomic E-state index is 12.5. The summed E-state index contributed by atoms with van der Waals surface area (Å²) in [5.41, 5.74) is 0. The Kier molecular flexibility index (Phi) is 6.38. The van der Waals surface area contributed by atoms with Gasteiger partial charge in [0.15, 0.2) is 5.96 Å². The lowest BCUT2D eigenvalue weighted by molar-refractivity contribution is -0.135. The zero-order valence-electron chi connectivity index (χ0n) is 16.2. The molecule has 26 heavy (non-hydrogen) atoms. The number of nitrogens with one attached hydrogen (secondary N) is 1. The molecule has 0 bridgehead atoms. The van der Waals surface area contributed by atoms with Gasteiger partial charge in [-0.2, -0.15) is 0 Å². The molecule has 1 aliphatic heterocycles. The number of guanidine groups is 1.